The van der Waals surface area contributed by atoms with Gasteiger partial charge in [0.25, 0.3) is 0 Å². The molecule has 2 aromatic rings. The van der Waals surface area contributed by atoms with Crippen molar-refractivity contribution in [1.82, 2.24) is 19.6 Å². The number of hydrogen-bond donors (Lipinski definition) is 2. The number of carbonyl (C=O) groups is 2. The molecule has 8 fully saturated rings. The van der Waals surface area contributed by atoms with Gasteiger partial charge in [0.15, 0.2) is 11.6 Å². The van der Waals surface area contributed by atoms with E-state index in [1.54, 1.807) is 21.8 Å². The van der Waals surface area contributed by atoms with Crippen LogP contribution in [0.1, 0.15) is 143 Å². The Morgan fingerprint density at radius 2 is 1.17 bits per heavy atom. The molecule has 0 spiro atoms. The van der Waals surface area contributed by atoms with Crippen LogP contribution in [0, 0.1) is 81.8 Å². The minimum Gasteiger partial charge on any atom is -0.390 e. The van der Waals surface area contributed by atoms with Crippen LogP contribution >= 0.6 is 0 Å². The summed E-state index contributed by atoms with van der Waals surface area (Å²) in [5, 5.41) is 29.8. The van der Waals surface area contributed by atoms with Gasteiger partial charge in [0.1, 0.15) is 6.17 Å². The third-order valence-corrected chi connectivity index (χ3v) is 19.5. The Labute approximate surface area is 346 Å². The van der Waals surface area contributed by atoms with Gasteiger partial charge < -0.3 is 10.2 Å². The van der Waals surface area contributed by atoms with Gasteiger partial charge in [-0.2, -0.15) is 10.2 Å². The Morgan fingerprint density at radius 1 is 0.638 bits per heavy atom. The predicted molar refractivity (Wildman–Crippen MR) is 222 cm³/mol. The normalized spacial score (nSPS) is 47.9. The lowest BCUT2D eigenvalue weighted by Gasteiger charge is -2.57. The number of halogens is 1. The summed E-state index contributed by atoms with van der Waals surface area (Å²) in [5.41, 5.74) is -0.886. The van der Waals surface area contributed by atoms with E-state index in [4.69, 9.17) is 0 Å². The molecule has 2 heterocycles. The van der Waals surface area contributed by atoms with Crippen LogP contribution in [-0.4, -0.2) is 58.7 Å². The van der Waals surface area contributed by atoms with Gasteiger partial charge in [0.05, 0.1) is 24.3 Å². The van der Waals surface area contributed by atoms with Crippen molar-refractivity contribution in [1.29, 1.82) is 0 Å². The van der Waals surface area contributed by atoms with Crippen molar-refractivity contribution >= 4 is 11.6 Å². The largest absolute Gasteiger partial charge is 0.390 e. The van der Waals surface area contributed by atoms with Crippen molar-refractivity contribution in [3.8, 4) is 0 Å². The summed E-state index contributed by atoms with van der Waals surface area (Å²) < 4.78 is 18.9. The molecule has 0 aliphatic heterocycles. The lowest BCUT2D eigenvalue weighted by Crippen LogP contribution is -2.54. The molecule has 9 heteroatoms. The molecule has 8 nitrogen and oxygen atoms in total. The number of nitrogens with zero attached hydrogens (tertiary/aromatic N) is 4. The number of ketones is 2. The number of hydrogen-bond acceptors (Lipinski definition) is 6. The zero-order valence-corrected chi connectivity index (χ0v) is 36.0. The molecule has 320 valence electrons. The SMILES string of the molecule is CC[C@@]1(O)CC[C@H]2[C@H](CC[C@@H]3[C@@H]2CC[C@]2(C)[C@@H](C(=O)Cn4cccn4)CC[C@@H]32)C1.C[C@@]1(O)CC[C@@H]2[C@H]3CC[C@]4(C)[C@@H](C(=O)Cn5cccn5)CC[C@H]4[C@@H]3C[C@@H](F)[C@@H]2C1. The fraction of sp³-hybridized carbons (Fsp3) is 0.837. The number of alkyl halides is 1. The van der Waals surface area contributed by atoms with Crippen LogP contribution in [0.2, 0.25) is 0 Å². The topological polar surface area (TPSA) is 110 Å². The van der Waals surface area contributed by atoms with Crippen molar-refractivity contribution in [3.05, 3.63) is 36.9 Å². The smallest absolute Gasteiger partial charge is 0.157 e. The van der Waals surface area contributed by atoms with Gasteiger partial charge in [-0.1, -0.05) is 20.8 Å². The fourth-order valence-corrected chi connectivity index (χ4v) is 16.7. The summed E-state index contributed by atoms with van der Waals surface area (Å²) >= 11 is 0. The highest BCUT2D eigenvalue weighted by Crippen LogP contribution is 2.66. The Morgan fingerprint density at radius 3 is 1.74 bits per heavy atom. The highest BCUT2D eigenvalue weighted by Gasteiger charge is 2.61. The summed E-state index contributed by atoms with van der Waals surface area (Å²) in [5.74, 6) is 6.85. The van der Waals surface area contributed by atoms with E-state index in [0.29, 0.717) is 61.2 Å². The quantitative estimate of drug-likeness (QED) is 0.289. The number of fused-ring (bicyclic) bond motifs is 10. The molecule has 10 rings (SSSR count). The van der Waals surface area contributed by atoms with Gasteiger partial charge in [0.2, 0.25) is 0 Å². The van der Waals surface area contributed by atoms with Gasteiger partial charge in [-0.3, -0.25) is 19.0 Å². The van der Waals surface area contributed by atoms with E-state index < -0.39 is 17.4 Å². The second-order valence-corrected chi connectivity index (χ2v) is 22.2. The molecule has 58 heavy (non-hydrogen) atoms. The third kappa shape index (κ3) is 7.19. The van der Waals surface area contributed by atoms with Crippen LogP contribution in [0.4, 0.5) is 4.39 Å². The van der Waals surface area contributed by atoms with Gasteiger partial charge in [-0.25, -0.2) is 4.39 Å². The highest BCUT2D eigenvalue weighted by molar-refractivity contribution is 5.82. The van der Waals surface area contributed by atoms with Crippen LogP contribution in [-0.2, 0) is 22.7 Å². The number of aromatic nitrogens is 4. The Balaban J connectivity index is 0.000000150. The molecule has 8 saturated carbocycles. The number of carbonyl (C=O) groups excluding carboxylic acids is 2. The van der Waals surface area contributed by atoms with Gasteiger partial charge >= 0.3 is 0 Å². The molecular weight excluding hydrogens is 728 g/mol. The number of rotatable bonds is 7. The standard InChI is InChI=1S/C25H38N2O2.C24H35FN2O2/c1-3-25(29)12-10-18-17(15-25)5-6-20-19(18)9-11-24(2)21(20)7-8-22(24)23(28)16-27-14-4-13-26-27;1-23(29)8-6-16-15-7-9-24(2)19(17(15)12-21(25)18(16)13-23)4-5-20(24)22(28)14-27-11-3-10-26-27/h4,13-14,17-22,29H,3,5-12,15-16H2,1-2H3;3,10-11,15-21,29H,4-9,12-14H2,1-2H3/t17-,18+,19-,20-,21+,22-,24+,25-;15-,16-,17-,18-,19+,20-,21-,23-,24+/m11/s1. The molecule has 0 saturated heterocycles. The first-order valence-corrected chi connectivity index (χ1v) is 23.8. The highest BCUT2D eigenvalue weighted by atomic mass is 19.1. The molecule has 0 amide bonds. The van der Waals surface area contributed by atoms with Crippen molar-refractivity contribution in [2.75, 3.05) is 0 Å². The van der Waals surface area contributed by atoms with Crippen LogP contribution in [0.5, 0.6) is 0 Å². The van der Waals surface area contributed by atoms with Gasteiger partial charge in [0, 0.05) is 36.6 Å². The molecule has 0 unspecified atom stereocenters. The first-order valence-electron chi connectivity index (χ1n) is 23.8. The molecule has 8 aliphatic rings. The van der Waals surface area contributed by atoms with E-state index in [0.717, 1.165) is 93.8 Å². The van der Waals surface area contributed by atoms with E-state index >= 15 is 4.39 Å². The zero-order chi connectivity index (χ0) is 40.6. The molecule has 2 N–H and O–H groups in total. The lowest BCUT2D eigenvalue weighted by atomic mass is 9.48. The summed E-state index contributed by atoms with van der Waals surface area (Å²) in [6.07, 6.45) is 25.3. The number of aliphatic hydroxyl groups is 2. The van der Waals surface area contributed by atoms with Crippen molar-refractivity contribution in [2.24, 2.45) is 81.8 Å². The van der Waals surface area contributed by atoms with Crippen LogP contribution in [0.3, 0.4) is 0 Å². The summed E-state index contributed by atoms with van der Waals surface area (Å²) in [6.45, 7) is 9.59. The molecule has 17 atom stereocenters. The molecular formula is C49H73FN4O4. The Bertz CT molecular complexity index is 1760. The maximum absolute atomic E-state index is 15.3. The molecule has 0 bridgehead atoms. The maximum atomic E-state index is 15.3. The predicted octanol–water partition coefficient (Wildman–Crippen LogP) is 9.28. The average molecular weight is 801 g/mol. The first-order chi connectivity index (χ1) is 27.7. The molecule has 0 aromatic carbocycles. The maximum Gasteiger partial charge on any atom is 0.157 e. The summed E-state index contributed by atoms with van der Waals surface area (Å²) in [6, 6.07) is 3.76. The second-order valence-electron chi connectivity index (χ2n) is 22.2. The average Bonchev–Trinajstić information content (AvgIpc) is 4.02. The fourth-order valence-electron chi connectivity index (χ4n) is 16.7. The van der Waals surface area contributed by atoms with Crippen molar-refractivity contribution in [2.45, 2.75) is 174 Å². The minimum atomic E-state index is -0.797. The minimum absolute atomic E-state index is 0.0120. The van der Waals surface area contributed by atoms with E-state index in [9.17, 15) is 19.8 Å². The van der Waals surface area contributed by atoms with E-state index in [-0.39, 0.29) is 28.6 Å². The van der Waals surface area contributed by atoms with Crippen LogP contribution in [0.25, 0.3) is 0 Å². The van der Waals surface area contributed by atoms with E-state index in [1.165, 1.54) is 38.5 Å². The van der Waals surface area contributed by atoms with E-state index in [1.807, 2.05) is 31.5 Å². The molecule has 0 radical (unpaired) electrons. The van der Waals surface area contributed by atoms with E-state index in [2.05, 4.69) is 31.0 Å². The zero-order valence-electron chi connectivity index (χ0n) is 36.0. The summed E-state index contributed by atoms with van der Waals surface area (Å²) in [7, 11) is 0. The van der Waals surface area contributed by atoms with Crippen molar-refractivity contribution in [3.63, 3.8) is 0 Å². The Kier molecular flexibility index (Phi) is 11.0. The lowest BCUT2D eigenvalue weighted by molar-refractivity contribution is -0.139. The van der Waals surface area contributed by atoms with Crippen LogP contribution in [0.15, 0.2) is 36.9 Å². The van der Waals surface area contributed by atoms with Gasteiger partial charge in [-0.05, 0) is 205 Å². The van der Waals surface area contributed by atoms with Crippen molar-refractivity contribution < 1.29 is 24.2 Å². The Hall–Kier alpha value is -2.39. The number of Topliss-reactive ketones (excluding diaryl/α,β-unsaturated/α-hetero) is 2. The summed E-state index contributed by atoms with van der Waals surface area (Å²) in [4.78, 5) is 26.3. The molecule has 8 aliphatic carbocycles. The molecule has 2 aromatic heterocycles. The third-order valence-electron chi connectivity index (χ3n) is 19.5. The monoisotopic (exact) mass is 801 g/mol. The van der Waals surface area contributed by atoms with Gasteiger partial charge in [-0.15, -0.1) is 0 Å². The van der Waals surface area contributed by atoms with Crippen LogP contribution < -0.4 is 0 Å². The second kappa shape index (κ2) is 15.5. The first kappa shape index (κ1) is 41.0.